The largest absolute Gasteiger partial charge is 0.361 e. The van der Waals surface area contributed by atoms with Crippen LogP contribution in [0.3, 0.4) is 0 Å². The summed E-state index contributed by atoms with van der Waals surface area (Å²) in [5.74, 6) is -0.00938. The van der Waals surface area contributed by atoms with Crippen molar-refractivity contribution in [2.45, 2.75) is 78.8 Å². The molecule has 26 heavy (non-hydrogen) atoms. The fraction of sp³-hybridized carbons (Fsp3) is 0.889. The lowest BCUT2D eigenvalue weighted by atomic mass is 10.2. The Labute approximate surface area is 159 Å². The van der Waals surface area contributed by atoms with E-state index in [-0.39, 0.29) is 36.2 Å². The van der Waals surface area contributed by atoms with E-state index in [4.69, 9.17) is 19.0 Å². The molecule has 0 bridgehead atoms. The Morgan fingerprint density at radius 2 is 1.88 bits per heavy atom. The van der Waals surface area contributed by atoms with Crippen molar-refractivity contribution in [3.63, 3.8) is 0 Å². The van der Waals surface area contributed by atoms with Crippen LogP contribution in [0.15, 0.2) is 0 Å². The molecule has 7 nitrogen and oxygen atoms in total. The predicted molar refractivity (Wildman–Crippen MR) is 102 cm³/mol. The molecule has 0 saturated carbocycles. The fourth-order valence-corrected chi connectivity index (χ4v) is 4.76. The molecular formula is C18H34N3O4P. The number of carbonyl (C=O) groups is 1. The van der Waals surface area contributed by atoms with Gasteiger partial charge in [-0.15, -0.1) is 0 Å². The maximum absolute atomic E-state index is 12.4. The van der Waals surface area contributed by atoms with Gasteiger partial charge in [0.2, 0.25) is 5.91 Å². The molecule has 1 fully saturated rings. The van der Waals surface area contributed by atoms with Crippen molar-refractivity contribution in [1.29, 1.82) is 5.26 Å². The molecule has 3 atom stereocenters. The normalized spacial score (nSPS) is 21.8. The Morgan fingerprint density at radius 1 is 1.27 bits per heavy atom. The molecule has 0 N–H and O–H groups in total. The lowest BCUT2D eigenvalue weighted by molar-refractivity contribution is -0.143. The minimum absolute atomic E-state index is 0.0715. The van der Waals surface area contributed by atoms with Crippen LogP contribution >= 0.6 is 8.53 Å². The third-order valence-electron chi connectivity index (χ3n) is 4.16. The summed E-state index contributed by atoms with van der Waals surface area (Å²) in [6.07, 6.45) is 0.544. The lowest BCUT2D eigenvalue weighted by Crippen LogP contribution is -2.39. The molecule has 0 aromatic carbocycles. The third-order valence-corrected chi connectivity index (χ3v) is 6.35. The molecule has 1 heterocycles. The van der Waals surface area contributed by atoms with Gasteiger partial charge in [0.1, 0.15) is 6.23 Å². The van der Waals surface area contributed by atoms with E-state index in [1.54, 1.807) is 12.0 Å². The van der Waals surface area contributed by atoms with Gasteiger partial charge in [-0.2, -0.15) is 5.26 Å². The van der Waals surface area contributed by atoms with Gasteiger partial charge in [-0.05, 0) is 27.7 Å². The SMILES string of the molecule is COC1CC(OP(OCCC#N)N(C(C)C)C(C)C)CN1C(=O)C(C)C. The number of ether oxygens (including phenoxy) is 1. The second-order valence-electron chi connectivity index (χ2n) is 7.35. The van der Waals surface area contributed by atoms with Crippen LogP contribution in [0.2, 0.25) is 0 Å². The average Bonchev–Trinajstić information content (AvgIpc) is 2.96. The number of rotatable bonds is 10. The van der Waals surface area contributed by atoms with Crippen LogP contribution in [0.5, 0.6) is 0 Å². The molecule has 1 aliphatic heterocycles. The number of nitrogens with zero attached hydrogens (tertiary/aromatic N) is 3. The molecule has 0 aromatic rings. The number of carbonyl (C=O) groups excluding carboxylic acids is 1. The molecule has 3 unspecified atom stereocenters. The van der Waals surface area contributed by atoms with Crippen molar-refractivity contribution in [3.05, 3.63) is 0 Å². The van der Waals surface area contributed by atoms with E-state index in [1.807, 2.05) is 13.8 Å². The first-order valence-electron chi connectivity index (χ1n) is 9.31. The number of hydrogen-bond acceptors (Lipinski definition) is 6. The topological polar surface area (TPSA) is 75.0 Å². The Bertz CT molecular complexity index is 474. The summed E-state index contributed by atoms with van der Waals surface area (Å²) < 4.78 is 20.0. The quantitative estimate of drug-likeness (QED) is 0.422. The molecule has 1 amide bonds. The van der Waals surface area contributed by atoms with Gasteiger partial charge in [-0.25, -0.2) is 4.67 Å². The first-order chi connectivity index (χ1) is 12.2. The Balaban J connectivity index is 2.86. The summed E-state index contributed by atoms with van der Waals surface area (Å²) in [5.41, 5.74) is 0. The van der Waals surface area contributed by atoms with Gasteiger partial charge < -0.3 is 18.7 Å². The Hall–Kier alpha value is -0.770. The van der Waals surface area contributed by atoms with E-state index in [0.717, 1.165) is 0 Å². The number of nitriles is 1. The van der Waals surface area contributed by atoms with Crippen LogP contribution in [-0.4, -0.2) is 60.2 Å². The molecule has 1 rings (SSSR count). The van der Waals surface area contributed by atoms with E-state index >= 15 is 0 Å². The van der Waals surface area contributed by atoms with Crippen LogP contribution in [-0.2, 0) is 18.6 Å². The third kappa shape index (κ3) is 6.44. The summed E-state index contributed by atoms with van der Waals surface area (Å²) in [6, 6.07) is 2.60. The second-order valence-corrected chi connectivity index (χ2v) is 8.75. The number of methoxy groups -OCH3 is 1. The molecule has 8 heteroatoms. The summed E-state index contributed by atoms with van der Waals surface area (Å²) in [7, 11) is 0.305. The van der Waals surface area contributed by atoms with E-state index in [9.17, 15) is 4.79 Å². The fourth-order valence-electron chi connectivity index (χ4n) is 3.05. The molecule has 0 radical (unpaired) electrons. The van der Waals surface area contributed by atoms with Crippen molar-refractivity contribution in [1.82, 2.24) is 9.57 Å². The second kappa shape index (κ2) is 11.2. The molecule has 1 aliphatic rings. The highest BCUT2D eigenvalue weighted by Gasteiger charge is 2.40. The highest BCUT2D eigenvalue weighted by atomic mass is 31.2. The summed E-state index contributed by atoms with van der Waals surface area (Å²) >= 11 is 0. The zero-order valence-corrected chi connectivity index (χ0v) is 18.0. The standard InChI is InChI=1S/C18H34N3O4P/c1-13(2)18(22)20-12-16(11-17(20)23-7)25-26(24-10-8-9-19)21(14(3)4)15(5)6/h13-17H,8,10-12H2,1-7H3. The zero-order chi connectivity index (χ0) is 19.9. The monoisotopic (exact) mass is 387 g/mol. The van der Waals surface area contributed by atoms with Gasteiger partial charge in [0.05, 0.1) is 31.7 Å². The van der Waals surface area contributed by atoms with Gasteiger partial charge in [0.25, 0.3) is 8.53 Å². The van der Waals surface area contributed by atoms with Crippen LogP contribution in [0.4, 0.5) is 0 Å². The smallest absolute Gasteiger partial charge is 0.259 e. The van der Waals surface area contributed by atoms with Crippen molar-refractivity contribution >= 4 is 14.4 Å². The van der Waals surface area contributed by atoms with E-state index in [1.165, 1.54) is 0 Å². The van der Waals surface area contributed by atoms with Crippen molar-refractivity contribution in [2.24, 2.45) is 5.92 Å². The van der Waals surface area contributed by atoms with Gasteiger partial charge in [-0.1, -0.05) is 13.8 Å². The number of amides is 1. The summed E-state index contributed by atoms with van der Waals surface area (Å²) in [5, 5.41) is 8.80. The maximum Gasteiger partial charge on any atom is 0.259 e. The summed E-state index contributed by atoms with van der Waals surface area (Å²) in [6.45, 7) is 13.0. The van der Waals surface area contributed by atoms with Crippen LogP contribution < -0.4 is 0 Å². The molecule has 0 aromatic heterocycles. The number of likely N-dealkylation sites (tertiary alicyclic amines) is 1. The molecule has 0 spiro atoms. The zero-order valence-electron chi connectivity index (χ0n) is 17.1. The van der Waals surface area contributed by atoms with Crippen molar-refractivity contribution < 1.29 is 18.6 Å². The minimum atomic E-state index is -1.31. The van der Waals surface area contributed by atoms with Crippen molar-refractivity contribution in [3.8, 4) is 6.07 Å². The van der Waals surface area contributed by atoms with E-state index in [2.05, 4.69) is 38.4 Å². The van der Waals surface area contributed by atoms with E-state index in [0.29, 0.717) is 26.0 Å². The lowest BCUT2D eigenvalue weighted by Gasteiger charge is -2.36. The average molecular weight is 387 g/mol. The Morgan fingerprint density at radius 3 is 2.35 bits per heavy atom. The number of hydrogen-bond donors (Lipinski definition) is 0. The summed E-state index contributed by atoms with van der Waals surface area (Å²) in [4.78, 5) is 14.2. The molecule has 150 valence electrons. The van der Waals surface area contributed by atoms with Gasteiger partial charge in [0, 0.05) is 31.5 Å². The highest BCUT2D eigenvalue weighted by Crippen LogP contribution is 2.48. The van der Waals surface area contributed by atoms with Crippen LogP contribution in [0, 0.1) is 17.2 Å². The molecule has 0 aliphatic carbocycles. The van der Waals surface area contributed by atoms with E-state index < -0.39 is 8.53 Å². The maximum atomic E-state index is 12.4. The minimum Gasteiger partial charge on any atom is -0.361 e. The van der Waals surface area contributed by atoms with Gasteiger partial charge in [0.15, 0.2) is 0 Å². The van der Waals surface area contributed by atoms with Gasteiger partial charge in [-0.3, -0.25) is 4.79 Å². The predicted octanol–water partition coefficient (Wildman–Crippen LogP) is 3.51. The van der Waals surface area contributed by atoms with Crippen LogP contribution in [0.25, 0.3) is 0 Å². The van der Waals surface area contributed by atoms with Crippen molar-refractivity contribution in [2.75, 3.05) is 20.3 Å². The molecule has 1 saturated heterocycles. The van der Waals surface area contributed by atoms with Crippen LogP contribution in [0.1, 0.15) is 54.4 Å². The molecular weight excluding hydrogens is 353 g/mol. The first kappa shape index (κ1) is 23.3. The highest BCUT2D eigenvalue weighted by molar-refractivity contribution is 7.44. The van der Waals surface area contributed by atoms with Gasteiger partial charge >= 0.3 is 0 Å². The Kier molecular flexibility index (Phi) is 9.99. The first-order valence-corrected chi connectivity index (χ1v) is 10.4.